The summed E-state index contributed by atoms with van der Waals surface area (Å²) in [7, 11) is 0. The van der Waals surface area contributed by atoms with E-state index in [-0.39, 0.29) is 17.9 Å². The van der Waals surface area contributed by atoms with Crippen molar-refractivity contribution in [3.05, 3.63) is 99.8 Å². The standard InChI is InChI=1S/C31H37ClN4O/c1-5-25-26(32)16-17-27-28(25)34-30(36(27)20-23-10-7-6-8-11-23)29(21(2)3)35(19-9-18-33)31(37)24-14-12-22(4)13-15-24/h6-8,10-17,21,29H,5,9,18-20,33H2,1-4H3/t29-/m1/s1. The molecule has 0 fully saturated rings. The number of benzene rings is 3. The molecule has 0 bridgehead atoms. The molecular weight excluding hydrogens is 480 g/mol. The molecule has 0 saturated heterocycles. The van der Waals surface area contributed by atoms with Gasteiger partial charge in [0.2, 0.25) is 0 Å². The number of imidazole rings is 1. The number of hydrogen-bond acceptors (Lipinski definition) is 3. The quantitative estimate of drug-likeness (QED) is 0.252. The molecule has 37 heavy (non-hydrogen) atoms. The SMILES string of the molecule is CCc1c(Cl)ccc2c1nc([C@@H](C(C)C)N(CCCN)C(=O)c1ccc(C)cc1)n2Cc1ccccc1. The fraction of sp³-hybridized carbons (Fsp3) is 0.355. The van der Waals surface area contributed by atoms with Crippen molar-refractivity contribution in [1.82, 2.24) is 14.5 Å². The molecule has 0 spiro atoms. The van der Waals surface area contributed by atoms with Crippen LogP contribution in [0.3, 0.4) is 0 Å². The van der Waals surface area contributed by atoms with Gasteiger partial charge in [-0.25, -0.2) is 4.98 Å². The topological polar surface area (TPSA) is 64.2 Å². The third-order valence-corrected chi connectivity index (χ3v) is 7.28. The highest BCUT2D eigenvalue weighted by Gasteiger charge is 2.33. The fourth-order valence-corrected chi connectivity index (χ4v) is 5.31. The van der Waals surface area contributed by atoms with Gasteiger partial charge in [0.15, 0.2) is 0 Å². The molecule has 1 amide bonds. The number of aryl methyl sites for hydroxylation is 2. The Morgan fingerprint density at radius 2 is 1.76 bits per heavy atom. The van der Waals surface area contributed by atoms with Crippen molar-refractivity contribution in [1.29, 1.82) is 0 Å². The second-order valence-electron chi connectivity index (χ2n) is 9.98. The van der Waals surface area contributed by atoms with Crippen molar-refractivity contribution >= 4 is 28.5 Å². The number of carbonyl (C=O) groups is 1. The van der Waals surface area contributed by atoms with Gasteiger partial charge in [0.25, 0.3) is 5.91 Å². The van der Waals surface area contributed by atoms with E-state index in [2.05, 4.69) is 55.7 Å². The Kier molecular flexibility index (Phi) is 8.67. The lowest BCUT2D eigenvalue weighted by Crippen LogP contribution is -2.40. The number of hydrogen-bond donors (Lipinski definition) is 1. The molecule has 4 aromatic rings. The van der Waals surface area contributed by atoms with Crippen LogP contribution in [0.15, 0.2) is 66.7 Å². The first-order valence-electron chi connectivity index (χ1n) is 13.1. The summed E-state index contributed by atoms with van der Waals surface area (Å²) >= 11 is 6.61. The van der Waals surface area contributed by atoms with E-state index in [1.807, 2.05) is 48.2 Å². The van der Waals surface area contributed by atoms with Gasteiger partial charge in [-0.2, -0.15) is 0 Å². The normalized spacial score (nSPS) is 12.3. The van der Waals surface area contributed by atoms with Crippen LogP contribution in [-0.4, -0.2) is 33.4 Å². The Hall–Kier alpha value is -3.15. The molecular formula is C31H37ClN4O. The number of amides is 1. The minimum absolute atomic E-state index is 0.000727. The molecule has 3 aromatic carbocycles. The highest BCUT2D eigenvalue weighted by atomic mass is 35.5. The lowest BCUT2D eigenvalue weighted by Gasteiger charge is -2.34. The maximum Gasteiger partial charge on any atom is 0.254 e. The van der Waals surface area contributed by atoms with Crippen molar-refractivity contribution in [3.63, 3.8) is 0 Å². The largest absolute Gasteiger partial charge is 0.330 e. The summed E-state index contributed by atoms with van der Waals surface area (Å²) in [4.78, 5) is 21.2. The van der Waals surface area contributed by atoms with E-state index in [0.717, 1.165) is 39.4 Å². The smallest absolute Gasteiger partial charge is 0.254 e. The van der Waals surface area contributed by atoms with Crippen LogP contribution >= 0.6 is 11.6 Å². The molecule has 4 rings (SSSR count). The summed E-state index contributed by atoms with van der Waals surface area (Å²) < 4.78 is 2.27. The Morgan fingerprint density at radius 1 is 1.05 bits per heavy atom. The van der Waals surface area contributed by atoms with Crippen LogP contribution in [0, 0.1) is 12.8 Å². The Bertz CT molecular complexity index is 1350. The molecule has 1 heterocycles. The zero-order valence-corrected chi connectivity index (χ0v) is 23.0. The van der Waals surface area contributed by atoms with Crippen molar-refractivity contribution < 1.29 is 4.79 Å². The molecule has 0 aliphatic rings. The molecule has 1 aromatic heterocycles. The zero-order chi connectivity index (χ0) is 26.5. The van der Waals surface area contributed by atoms with Crippen LogP contribution < -0.4 is 5.73 Å². The molecule has 0 aliphatic carbocycles. The predicted molar refractivity (Wildman–Crippen MR) is 153 cm³/mol. The maximum atomic E-state index is 14.0. The second-order valence-corrected chi connectivity index (χ2v) is 10.4. The summed E-state index contributed by atoms with van der Waals surface area (Å²) in [6.45, 7) is 10.2. The Balaban J connectivity index is 1.91. The Labute approximate surface area is 225 Å². The first kappa shape index (κ1) is 26.9. The van der Waals surface area contributed by atoms with E-state index in [0.29, 0.717) is 31.6 Å². The Morgan fingerprint density at radius 3 is 2.38 bits per heavy atom. The second kappa shape index (κ2) is 11.9. The van der Waals surface area contributed by atoms with Gasteiger partial charge in [0.1, 0.15) is 5.82 Å². The van der Waals surface area contributed by atoms with E-state index in [1.165, 1.54) is 5.56 Å². The van der Waals surface area contributed by atoms with Crippen LogP contribution in [0.4, 0.5) is 0 Å². The highest BCUT2D eigenvalue weighted by molar-refractivity contribution is 6.32. The van der Waals surface area contributed by atoms with Crippen molar-refractivity contribution in [2.75, 3.05) is 13.1 Å². The van der Waals surface area contributed by atoms with E-state index in [1.54, 1.807) is 0 Å². The average Bonchev–Trinajstić information content (AvgIpc) is 3.24. The number of rotatable bonds is 10. The number of aromatic nitrogens is 2. The number of halogens is 1. The van der Waals surface area contributed by atoms with Gasteiger partial charge in [0.05, 0.1) is 17.1 Å². The third kappa shape index (κ3) is 5.73. The molecule has 0 radical (unpaired) electrons. The number of fused-ring (bicyclic) bond motifs is 1. The van der Waals surface area contributed by atoms with Gasteiger partial charge in [0, 0.05) is 23.7 Å². The van der Waals surface area contributed by atoms with Gasteiger partial charge >= 0.3 is 0 Å². The van der Waals surface area contributed by atoms with E-state index >= 15 is 0 Å². The zero-order valence-electron chi connectivity index (χ0n) is 22.2. The minimum atomic E-state index is -0.236. The molecule has 0 aliphatic heterocycles. The summed E-state index contributed by atoms with van der Waals surface area (Å²) in [5.74, 6) is 1.00. The molecule has 1 atom stereocenters. The summed E-state index contributed by atoms with van der Waals surface area (Å²) in [5.41, 5.74) is 11.9. The summed E-state index contributed by atoms with van der Waals surface area (Å²) in [6.07, 6.45) is 1.50. The van der Waals surface area contributed by atoms with Crippen molar-refractivity contribution in [3.8, 4) is 0 Å². The fourth-order valence-electron chi connectivity index (χ4n) is 5.02. The minimum Gasteiger partial charge on any atom is -0.330 e. The molecule has 0 saturated carbocycles. The van der Waals surface area contributed by atoms with Gasteiger partial charge < -0.3 is 15.2 Å². The summed E-state index contributed by atoms with van der Waals surface area (Å²) in [5, 5.41) is 0.725. The van der Waals surface area contributed by atoms with Crippen LogP contribution in [-0.2, 0) is 13.0 Å². The van der Waals surface area contributed by atoms with Gasteiger partial charge in [-0.1, -0.05) is 80.4 Å². The van der Waals surface area contributed by atoms with Crippen LogP contribution in [0.2, 0.25) is 5.02 Å². The first-order chi connectivity index (χ1) is 17.8. The van der Waals surface area contributed by atoms with Crippen molar-refractivity contribution in [2.24, 2.45) is 11.7 Å². The first-order valence-corrected chi connectivity index (χ1v) is 13.5. The maximum absolute atomic E-state index is 14.0. The van der Waals surface area contributed by atoms with Crippen LogP contribution in [0.1, 0.15) is 66.1 Å². The number of nitrogens with zero attached hydrogens (tertiary/aromatic N) is 3. The molecule has 194 valence electrons. The van der Waals surface area contributed by atoms with E-state index < -0.39 is 0 Å². The lowest BCUT2D eigenvalue weighted by atomic mass is 9.99. The van der Waals surface area contributed by atoms with Gasteiger partial charge in [-0.15, -0.1) is 0 Å². The monoisotopic (exact) mass is 516 g/mol. The predicted octanol–water partition coefficient (Wildman–Crippen LogP) is 6.80. The molecule has 0 unspecified atom stereocenters. The number of carbonyl (C=O) groups excluding carboxylic acids is 1. The van der Waals surface area contributed by atoms with Gasteiger partial charge in [-0.05, 0) is 67.6 Å². The van der Waals surface area contributed by atoms with Gasteiger partial charge in [-0.3, -0.25) is 4.79 Å². The molecule has 6 heteroatoms. The van der Waals surface area contributed by atoms with Crippen LogP contribution in [0.25, 0.3) is 11.0 Å². The van der Waals surface area contributed by atoms with E-state index in [4.69, 9.17) is 22.3 Å². The highest BCUT2D eigenvalue weighted by Crippen LogP contribution is 2.35. The van der Waals surface area contributed by atoms with E-state index in [9.17, 15) is 4.79 Å². The number of nitrogens with two attached hydrogens (primary N) is 1. The summed E-state index contributed by atoms with van der Waals surface area (Å²) in [6, 6.07) is 21.9. The van der Waals surface area contributed by atoms with Crippen molar-refractivity contribution in [2.45, 2.75) is 53.1 Å². The third-order valence-electron chi connectivity index (χ3n) is 6.93. The molecule has 2 N–H and O–H groups in total. The average molecular weight is 517 g/mol. The van der Waals surface area contributed by atoms with Crippen LogP contribution in [0.5, 0.6) is 0 Å². The lowest BCUT2D eigenvalue weighted by molar-refractivity contribution is 0.0605. The molecule has 5 nitrogen and oxygen atoms in total.